The summed E-state index contributed by atoms with van der Waals surface area (Å²) < 4.78 is 28.3. The van der Waals surface area contributed by atoms with Crippen LogP contribution in [-0.2, 0) is 16.4 Å². The van der Waals surface area contributed by atoms with E-state index in [9.17, 15) is 8.42 Å². The first-order valence-electron chi connectivity index (χ1n) is 9.34. The summed E-state index contributed by atoms with van der Waals surface area (Å²) in [5.74, 6) is 0.477. The molecule has 1 N–H and O–H groups in total. The number of sulfonamides is 1. The molecule has 0 saturated carbocycles. The second-order valence-electron chi connectivity index (χ2n) is 7.44. The van der Waals surface area contributed by atoms with Crippen LogP contribution >= 0.6 is 0 Å². The summed E-state index contributed by atoms with van der Waals surface area (Å²) in [5, 5.41) is 0. The number of aliphatic imine (C=N–C) groups is 1. The molecule has 2 aliphatic rings. The highest BCUT2D eigenvalue weighted by molar-refractivity contribution is 8.00. The van der Waals surface area contributed by atoms with E-state index in [1.807, 2.05) is 45.0 Å². The number of fused-ring (bicyclic) bond motifs is 1. The van der Waals surface area contributed by atoms with Gasteiger partial charge in [-0.2, -0.15) is 0 Å². The molecule has 0 amide bonds. The molecule has 0 unspecified atom stereocenters. The summed E-state index contributed by atoms with van der Waals surface area (Å²) in [6.45, 7) is 5.86. The topological polar surface area (TPSA) is 58.5 Å². The molecular formula is C22H24N2O2S. The predicted molar refractivity (Wildman–Crippen MR) is 110 cm³/mol. The lowest BCUT2D eigenvalue weighted by atomic mass is 9.88. The number of hydrogen-bond acceptors (Lipinski definition) is 3. The van der Waals surface area contributed by atoms with Gasteiger partial charge in [0.15, 0.2) is 0 Å². The molecule has 0 radical (unpaired) electrons. The minimum Gasteiger partial charge on any atom is -0.263 e. The van der Waals surface area contributed by atoms with Gasteiger partial charge in [0, 0.05) is 5.57 Å². The number of rotatable bonds is 2. The molecule has 0 bridgehead atoms. The van der Waals surface area contributed by atoms with Crippen molar-refractivity contribution in [1.29, 1.82) is 0 Å². The van der Waals surface area contributed by atoms with Crippen molar-refractivity contribution < 1.29 is 8.42 Å². The Morgan fingerprint density at radius 2 is 1.81 bits per heavy atom. The van der Waals surface area contributed by atoms with Crippen LogP contribution < -0.4 is 4.72 Å². The lowest BCUT2D eigenvalue weighted by molar-refractivity contribution is 0.571. The Kier molecular flexibility index (Phi) is 4.42. The van der Waals surface area contributed by atoms with E-state index in [1.165, 1.54) is 11.1 Å². The molecule has 1 aliphatic carbocycles. The molecular weight excluding hydrogens is 356 g/mol. The molecule has 1 atom stereocenters. The van der Waals surface area contributed by atoms with Gasteiger partial charge in [-0.05, 0) is 67.9 Å². The largest absolute Gasteiger partial charge is 0.264 e. The van der Waals surface area contributed by atoms with Crippen molar-refractivity contribution in [2.24, 2.45) is 4.99 Å². The first-order chi connectivity index (χ1) is 12.9. The van der Waals surface area contributed by atoms with Crippen molar-refractivity contribution in [2.45, 2.75) is 46.1 Å². The second kappa shape index (κ2) is 6.64. The maximum absolute atomic E-state index is 12.8. The van der Waals surface area contributed by atoms with E-state index < -0.39 is 10.0 Å². The summed E-state index contributed by atoms with van der Waals surface area (Å²) in [7, 11) is -3.60. The van der Waals surface area contributed by atoms with Crippen molar-refractivity contribution in [3.63, 3.8) is 0 Å². The summed E-state index contributed by atoms with van der Waals surface area (Å²) in [6.07, 6.45) is 3.07. The van der Waals surface area contributed by atoms with E-state index in [0.29, 0.717) is 16.3 Å². The molecule has 140 valence electrons. The smallest absolute Gasteiger partial charge is 0.263 e. The number of amidine groups is 1. The summed E-state index contributed by atoms with van der Waals surface area (Å²) in [5.41, 5.74) is 6.17. The summed E-state index contributed by atoms with van der Waals surface area (Å²) in [6, 6.07) is 14.1. The quantitative estimate of drug-likeness (QED) is 0.837. The molecule has 4 rings (SSSR count). The highest BCUT2D eigenvalue weighted by Crippen LogP contribution is 2.35. The van der Waals surface area contributed by atoms with Crippen LogP contribution in [-0.4, -0.2) is 14.3 Å². The monoisotopic (exact) mass is 380 g/mol. The minimum atomic E-state index is -3.60. The van der Waals surface area contributed by atoms with Gasteiger partial charge in [0.05, 0.1) is 6.04 Å². The number of aryl methyl sites for hydroxylation is 3. The molecule has 1 heterocycles. The Hall–Kier alpha value is -2.40. The van der Waals surface area contributed by atoms with Crippen molar-refractivity contribution in [3.8, 4) is 0 Å². The van der Waals surface area contributed by atoms with E-state index in [0.717, 1.165) is 36.0 Å². The van der Waals surface area contributed by atoms with E-state index >= 15 is 0 Å². The van der Waals surface area contributed by atoms with Gasteiger partial charge in [0.1, 0.15) is 10.7 Å². The average molecular weight is 381 g/mol. The zero-order valence-corrected chi connectivity index (χ0v) is 16.7. The molecule has 0 aromatic heterocycles. The zero-order chi connectivity index (χ0) is 19.2. The van der Waals surface area contributed by atoms with Gasteiger partial charge in [-0.15, -0.1) is 0 Å². The number of nitrogens with zero attached hydrogens (tertiary/aromatic N) is 1. The Bertz CT molecular complexity index is 1080. The molecule has 27 heavy (non-hydrogen) atoms. The lowest BCUT2D eigenvalue weighted by Crippen LogP contribution is -2.24. The Morgan fingerprint density at radius 1 is 1.04 bits per heavy atom. The Morgan fingerprint density at radius 3 is 2.59 bits per heavy atom. The third kappa shape index (κ3) is 3.21. The van der Waals surface area contributed by atoms with Gasteiger partial charge in [-0.25, -0.2) is 8.42 Å². The van der Waals surface area contributed by atoms with E-state index in [2.05, 4.69) is 22.9 Å². The standard InChI is InChI=1S/C22H24N2O2S/c1-14-11-12-18(13-15(14)2)21-16(3)22(24-27(21,25)26)23-20-10-6-8-17-7-4-5-9-19(17)20/h4-5,7,9,11-13,20H,6,8,10H2,1-3H3,(H,23,24)/t20-/m1/s1. The van der Waals surface area contributed by atoms with Gasteiger partial charge in [0.25, 0.3) is 10.0 Å². The maximum Gasteiger partial charge on any atom is 0.264 e. The van der Waals surface area contributed by atoms with Crippen LogP contribution in [0.1, 0.15) is 53.6 Å². The molecule has 1 aliphatic heterocycles. The molecule has 5 heteroatoms. The average Bonchev–Trinajstić information content (AvgIpc) is 2.86. The molecule has 0 spiro atoms. The molecule has 0 fully saturated rings. The second-order valence-corrected chi connectivity index (χ2v) is 9.06. The summed E-state index contributed by atoms with van der Waals surface area (Å²) in [4.78, 5) is 5.18. The van der Waals surface area contributed by atoms with Crippen molar-refractivity contribution in [3.05, 3.63) is 75.9 Å². The zero-order valence-electron chi connectivity index (χ0n) is 15.9. The van der Waals surface area contributed by atoms with Gasteiger partial charge in [-0.1, -0.05) is 42.5 Å². The van der Waals surface area contributed by atoms with Crippen LogP contribution in [0.3, 0.4) is 0 Å². The predicted octanol–water partition coefficient (Wildman–Crippen LogP) is 4.44. The van der Waals surface area contributed by atoms with Crippen LogP contribution in [0.25, 0.3) is 4.91 Å². The van der Waals surface area contributed by atoms with Crippen molar-refractivity contribution >= 4 is 20.8 Å². The van der Waals surface area contributed by atoms with Gasteiger partial charge >= 0.3 is 0 Å². The SMILES string of the molecule is CC1=C(c2ccc(C)c(C)c2)S(=O)(=O)NC1=N[C@@H]1CCCc2ccccc21. The van der Waals surface area contributed by atoms with Crippen LogP contribution in [0.2, 0.25) is 0 Å². The first-order valence-corrected chi connectivity index (χ1v) is 10.8. The van der Waals surface area contributed by atoms with Crippen molar-refractivity contribution in [2.75, 3.05) is 0 Å². The minimum absolute atomic E-state index is 0.00158. The Labute approximate surface area is 161 Å². The van der Waals surface area contributed by atoms with Crippen LogP contribution in [0.15, 0.2) is 53.0 Å². The fraction of sp³-hybridized carbons (Fsp3) is 0.318. The third-order valence-electron chi connectivity index (χ3n) is 5.59. The van der Waals surface area contributed by atoms with Gasteiger partial charge in [-0.3, -0.25) is 9.71 Å². The fourth-order valence-electron chi connectivity index (χ4n) is 3.96. The first kappa shape index (κ1) is 18.0. The molecule has 0 saturated heterocycles. The van der Waals surface area contributed by atoms with E-state index in [4.69, 9.17) is 4.99 Å². The van der Waals surface area contributed by atoms with Crippen molar-refractivity contribution in [1.82, 2.24) is 4.72 Å². The number of hydrogen-bond donors (Lipinski definition) is 1. The van der Waals surface area contributed by atoms with Crippen LogP contribution in [0.5, 0.6) is 0 Å². The molecule has 2 aromatic carbocycles. The highest BCUT2D eigenvalue weighted by Gasteiger charge is 2.33. The number of benzene rings is 2. The lowest BCUT2D eigenvalue weighted by Gasteiger charge is -2.22. The normalized spacial score (nSPS) is 22.6. The maximum atomic E-state index is 12.8. The Balaban J connectivity index is 1.79. The third-order valence-corrected chi connectivity index (χ3v) is 7.13. The van der Waals surface area contributed by atoms with E-state index in [-0.39, 0.29) is 6.04 Å². The van der Waals surface area contributed by atoms with Crippen LogP contribution in [0, 0.1) is 13.8 Å². The molecule has 2 aromatic rings. The summed E-state index contributed by atoms with van der Waals surface area (Å²) >= 11 is 0. The molecule has 4 nitrogen and oxygen atoms in total. The number of nitrogens with one attached hydrogen (secondary N) is 1. The van der Waals surface area contributed by atoms with E-state index in [1.54, 1.807) is 0 Å². The van der Waals surface area contributed by atoms with Gasteiger partial charge in [0.2, 0.25) is 0 Å². The fourth-order valence-corrected chi connectivity index (χ4v) is 5.46. The highest BCUT2D eigenvalue weighted by atomic mass is 32.2. The van der Waals surface area contributed by atoms with Gasteiger partial charge < -0.3 is 0 Å². The van der Waals surface area contributed by atoms with Crippen LogP contribution in [0.4, 0.5) is 0 Å².